The quantitative estimate of drug-likeness (QED) is 0.837. The second-order valence-corrected chi connectivity index (χ2v) is 5.91. The molecule has 1 aromatic carbocycles. The van der Waals surface area contributed by atoms with Gasteiger partial charge in [0.1, 0.15) is 12.1 Å². The molecule has 5 nitrogen and oxygen atoms in total. The first-order chi connectivity index (χ1) is 9.65. The fourth-order valence-electron chi connectivity index (χ4n) is 2.49. The number of hydrogen-bond acceptors (Lipinski definition) is 3. The Hall–Kier alpha value is -1.91. The van der Waals surface area contributed by atoms with Crippen LogP contribution in [0.5, 0.6) is 0 Å². The van der Waals surface area contributed by atoms with Crippen molar-refractivity contribution in [2.24, 2.45) is 5.92 Å². The molecule has 0 bridgehead atoms. The molecule has 3 rings (SSSR count). The van der Waals surface area contributed by atoms with Gasteiger partial charge in [-0.05, 0) is 30.9 Å². The van der Waals surface area contributed by atoms with E-state index in [9.17, 15) is 4.79 Å². The van der Waals surface area contributed by atoms with Crippen molar-refractivity contribution in [1.82, 2.24) is 19.9 Å². The molecular weight excluding hydrogens is 252 g/mol. The Balaban J connectivity index is 1.77. The molecule has 0 spiro atoms. The number of rotatable bonds is 5. The number of amides is 1. The van der Waals surface area contributed by atoms with Crippen molar-refractivity contribution in [1.29, 1.82) is 0 Å². The van der Waals surface area contributed by atoms with Crippen LogP contribution in [0.2, 0.25) is 0 Å². The molecule has 1 aliphatic rings. The molecule has 1 aliphatic carbocycles. The first-order valence-corrected chi connectivity index (χ1v) is 7.23. The number of fused-ring (bicyclic) bond motifs is 1. The average molecular weight is 272 g/mol. The zero-order valence-corrected chi connectivity index (χ0v) is 12.0. The molecule has 2 aromatic rings. The van der Waals surface area contributed by atoms with E-state index >= 15 is 0 Å². The van der Waals surface area contributed by atoms with Gasteiger partial charge in [-0.2, -0.15) is 0 Å². The maximum Gasteiger partial charge on any atom is 0.244 e. The minimum Gasteiger partial charge on any atom is -0.338 e. The summed E-state index contributed by atoms with van der Waals surface area (Å²) >= 11 is 0. The molecule has 5 heteroatoms. The summed E-state index contributed by atoms with van der Waals surface area (Å²) in [6.07, 6.45) is 2.27. The normalized spacial score (nSPS) is 14.9. The monoisotopic (exact) mass is 272 g/mol. The van der Waals surface area contributed by atoms with Crippen LogP contribution in [0, 0.1) is 5.92 Å². The second-order valence-electron chi connectivity index (χ2n) is 5.91. The third-order valence-electron chi connectivity index (χ3n) is 3.58. The van der Waals surface area contributed by atoms with Crippen molar-refractivity contribution < 1.29 is 4.79 Å². The summed E-state index contributed by atoms with van der Waals surface area (Å²) in [4.78, 5) is 14.5. The topological polar surface area (TPSA) is 51.0 Å². The highest BCUT2D eigenvalue weighted by atomic mass is 16.2. The first kappa shape index (κ1) is 13.1. The summed E-state index contributed by atoms with van der Waals surface area (Å²) in [7, 11) is 0. The van der Waals surface area contributed by atoms with Crippen molar-refractivity contribution in [3.63, 3.8) is 0 Å². The Morgan fingerprint density at radius 2 is 2.15 bits per heavy atom. The predicted octanol–water partition coefficient (Wildman–Crippen LogP) is 2.08. The lowest BCUT2D eigenvalue weighted by Gasteiger charge is -2.24. The van der Waals surface area contributed by atoms with Gasteiger partial charge in [0.15, 0.2) is 0 Å². The molecule has 0 aliphatic heterocycles. The Morgan fingerprint density at radius 3 is 2.85 bits per heavy atom. The largest absolute Gasteiger partial charge is 0.338 e. The third kappa shape index (κ3) is 2.66. The maximum absolute atomic E-state index is 12.5. The average Bonchev–Trinajstić information content (AvgIpc) is 3.19. The minimum atomic E-state index is 0.150. The Bertz CT molecular complexity index is 615. The SMILES string of the molecule is CC(C)CN(C(=O)Cn1nnc2ccccc21)C1CC1. The van der Waals surface area contributed by atoms with Gasteiger partial charge in [-0.3, -0.25) is 4.79 Å². The number of benzene rings is 1. The second kappa shape index (κ2) is 5.23. The minimum absolute atomic E-state index is 0.150. The lowest BCUT2D eigenvalue weighted by Crippen LogP contribution is -2.38. The van der Waals surface area contributed by atoms with E-state index in [4.69, 9.17) is 0 Å². The van der Waals surface area contributed by atoms with Crippen LogP contribution in [-0.2, 0) is 11.3 Å². The van der Waals surface area contributed by atoms with E-state index in [2.05, 4.69) is 24.2 Å². The van der Waals surface area contributed by atoms with Gasteiger partial charge in [-0.25, -0.2) is 4.68 Å². The van der Waals surface area contributed by atoms with E-state index in [1.54, 1.807) is 4.68 Å². The van der Waals surface area contributed by atoms with E-state index < -0.39 is 0 Å². The summed E-state index contributed by atoms with van der Waals surface area (Å²) < 4.78 is 1.70. The van der Waals surface area contributed by atoms with Crippen molar-refractivity contribution in [3.8, 4) is 0 Å². The molecule has 1 heterocycles. The summed E-state index contributed by atoms with van der Waals surface area (Å²) in [6, 6.07) is 8.18. The molecule has 0 unspecified atom stereocenters. The van der Waals surface area contributed by atoms with Gasteiger partial charge in [0.05, 0.1) is 5.52 Å². The van der Waals surface area contributed by atoms with E-state index in [1.165, 1.54) is 0 Å². The van der Waals surface area contributed by atoms with Crippen LogP contribution in [0.4, 0.5) is 0 Å². The van der Waals surface area contributed by atoms with Crippen LogP contribution in [0.15, 0.2) is 24.3 Å². The van der Waals surface area contributed by atoms with E-state index in [-0.39, 0.29) is 12.5 Å². The smallest absolute Gasteiger partial charge is 0.244 e. The standard InChI is InChI=1S/C15H20N4O/c1-11(2)9-18(12-7-8-12)15(20)10-19-14-6-4-3-5-13(14)16-17-19/h3-6,11-12H,7-10H2,1-2H3. The van der Waals surface area contributed by atoms with Crippen molar-refractivity contribution >= 4 is 16.9 Å². The number of carbonyl (C=O) groups excluding carboxylic acids is 1. The zero-order valence-electron chi connectivity index (χ0n) is 12.0. The molecule has 0 saturated heterocycles. The van der Waals surface area contributed by atoms with Crippen molar-refractivity contribution in [3.05, 3.63) is 24.3 Å². The summed E-state index contributed by atoms with van der Waals surface area (Å²) in [6.45, 7) is 5.40. The fraction of sp³-hybridized carbons (Fsp3) is 0.533. The summed E-state index contributed by atoms with van der Waals surface area (Å²) in [5, 5.41) is 8.19. The highest BCUT2D eigenvalue weighted by molar-refractivity contribution is 5.80. The molecule has 0 atom stereocenters. The van der Waals surface area contributed by atoms with Crippen LogP contribution in [0.25, 0.3) is 11.0 Å². The molecule has 20 heavy (non-hydrogen) atoms. The number of carbonyl (C=O) groups is 1. The lowest BCUT2D eigenvalue weighted by molar-refractivity contribution is -0.133. The Kier molecular flexibility index (Phi) is 3.42. The Morgan fingerprint density at radius 1 is 1.40 bits per heavy atom. The van der Waals surface area contributed by atoms with E-state index in [1.807, 2.05) is 29.2 Å². The van der Waals surface area contributed by atoms with Gasteiger partial charge in [-0.15, -0.1) is 5.10 Å². The van der Waals surface area contributed by atoms with Gasteiger partial charge in [0.25, 0.3) is 0 Å². The van der Waals surface area contributed by atoms with Crippen molar-refractivity contribution in [2.45, 2.75) is 39.3 Å². The number of para-hydroxylation sites is 1. The molecule has 1 fully saturated rings. The highest BCUT2D eigenvalue weighted by Crippen LogP contribution is 2.28. The fourth-order valence-corrected chi connectivity index (χ4v) is 2.49. The lowest BCUT2D eigenvalue weighted by atomic mass is 10.2. The van der Waals surface area contributed by atoms with Crippen LogP contribution in [0.3, 0.4) is 0 Å². The van der Waals surface area contributed by atoms with Crippen LogP contribution in [0.1, 0.15) is 26.7 Å². The molecule has 106 valence electrons. The van der Waals surface area contributed by atoms with E-state index in [0.717, 1.165) is 30.4 Å². The number of nitrogens with zero attached hydrogens (tertiary/aromatic N) is 4. The predicted molar refractivity (Wildman–Crippen MR) is 77.1 cm³/mol. The van der Waals surface area contributed by atoms with E-state index in [0.29, 0.717) is 12.0 Å². The molecular formula is C15H20N4O. The molecule has 0 radical (unpaired) electrons. The van der Waals surface area contributed by atoms with Gasteiger partial charge >= 0.3 is 0 Å². The molecule has 1 saturated carbocycles. The summed E-state index contributed by atoms with van der Waals surface area (Å²) in [5.41, 5.74) is 1.75. The molecule has 1 aromatic heterocycles. The van der Waals surface area contributed by atoms with Crippen LogP contribution < -0.4 is 0 Å². The van der Waals surface area contributed by atoms with Gasteiger partial charge in [-0.1, -0.05) is 31.2 Å². The summed E-state index contributed by atoms with van der Waals surface area (Å²) in [5.74, 6) is 0.642. The first-order valence-electron chi connectivity index (χ1n) is 7.23. The van der Waals surface area contributed by atoms with Gasteiger partial charge in [0.2, 0.25) is 5.91 Å². The number of hydrogen-bond donors (Lipinski definition) is 0. The molecule has 1 amide bonds. The van der Waals surface area contributed by atoms with Gasteiger partial charge in [0, 0.05) is 12.6 Å². The third-order valence-corrected chi connectivity index (χ3v) is 3.58. The highest BCUT2D eigenvalue weighted by Gasteiger charge is 2.32. The van der Waals surface area contributed by atoms with Crippen LogP contribution >= 0.6 is 0 Å². The van der Waals surface area contributed by atoms with Crippen LogP contribution in [-0.4, -0.2) is 38.4 Å². The molecule has 0 N–H and O–H groups in total. The van der Waals surface area contributed by atoms with Crippen molar-refractivity contribution in [2.75, 3.05) is 6.54 Å². The maximum atomic E-state index is 12.5. The Labute approximate surface area is 118 Å². The van der Waals surface area contributed by atoms with Gasteiger partial charge < -0.3 is 4.90 Å². The number of aromatic nitrogens is 3. The zero-order chi connectivity index (χ0) is 14.1.